The van der Waals surface area contributed by atoms with Crippen molar-refractivity contribution >= 4 is 27.0 Å². The van der Waals surface area contributed by atoms with Gasteiger partial charge in [-0.1, -0.05) is 12.1 Å². The predicted octanol–water partition coefficient (Wildman–Crippen LogP) is 3.28. The molecule has 0 fully saturated rings. The van der Waals surface area contributed by atoms with Gasteiger partial charge in [-0.05, 0) is 26.0 Å². The van der Waals surface area contributed by atoms with Crippen LogP contribution in [0.4, 0.5) is 5.69 Å². The number of hydrogen-bond acceptors (Lipinski definition) is 5. The van der Waals surface area contributed by atoms with E-state index in [2.05, 4.69) is 9.71 Å². The first-order chi connectivity index (χ1) is 9.89. The van der Waals surface area contributed by atoms with Gasteiger partial charge < -0.3 is 4.74 Å². The molecule has 0 spiro atoms. The van der Waals surface area contributed by atoms with Gasteiger partial charge in [0.15, 0.2) is 0 Å². The second-order valence-electron chi connectivity index (χ2n) is 4.62. The Hall–Kier alpha value is -1.44. The number of anilines is 1. The molecule has 0 aliphatic rings. The summed E-state index contributed by atoms with van der Waals surface area (Å²) in [5, 5.41) is 2.91. The lowest BCUT2D eigenvalue weighted by molar-refractivity contribution is 0.0762. The van der Waals surface area contributed by atoms with E-state index < -0.39 is 10.0 Å². The van der Waals surface area contributed by atoms with Crippen LogP contribution in [0.15, 0.2) is 29.6 Å². The fraction of sp³-hybridized carbons (Fsp3) is 0.357. The highest BCUT2D eigenvalue weighted by Crippen LogP contribution is 2.27. The van der Waals surface area contributed by atoms with Crippen molar-refractivity contribution in [2.24, 2.45) is 0 Å². The molecule has 7 heteroatoms. The van der Waals surface area contributed by atoms with Gasteiger partial charge in [-0.3, -0.25) is 4.72 Å². The molecule has 0 saturated carbocycles. The van der Waals surface area contributed by atoms with E-state index in [4.69, 9.17) is 4.74 Å². The summed E-state index contributed by atoms with van der Waals surface area (Å²) in [5.41, 5.74) is 2.35. The molecule has 1 atom stereocenters. The molecule has 0 bridgehead atoms. The van der Waals surface area contributed by atoms with Crippen LogP contribution in [0.5, 0.6) is 0 Å². The Morgan fingerprint density at radius 3 is 2.57 bits per heavy atom. The van der Waals surface area contributed by atoms with Crippen LogP contribution < -0.4 is 4.72 Å². The van der Waals surface area contributed by atoms with Crippen LogP contribution in [0.2, 0.25) is 0 Å². The quantitative estimate of drug-likeness (QED) is 0.884. The lowest BCUT2D eigenvalue weighted by Crippen LogP contribution is -2.09. The van der Waals surface area contributed by atoms with Crippen LogP contribution in [-0.4, -0.2) is 26.3 Å². The van der Waals surface area contributed by atoms with Crippen molar-refractivity contribution in [2.75, 3.05) is 17.6 Å². The molecule has 0 radical (unpaired) electrons. The van der Waals surface area contributed by atoms with Gasteiger partial charge in [-0.15, -0.1) is 11.3 Å². The number of nitrogens with one attached hydrogen (secondary N) is 1. The average molecular weight is 326 g/mol. The van der Waals surface area contributed by atoms with E-state index in [0.717, 1.165) is 22.5 Å². The minimum absolute atomic E-state index is 0.0140. The third kappa shape index (κ3) is 4.52. The number of hydrogen-bond donors (Lipinski definition) is 1. The largest absolute Gasteiger partial charge is 0.372 e. The Kier molecular flexibility index (Phi) is 4.97. The van der Waals surface area contributed by atoms with Crippen molar-refractivity contribution < 1.29 is 13.2 Å². The van der Waals surface area contributed by atoms with E-state index in [-0.39, 0.29) is 6.10 Å². The Morgan fingerprint density at radius 1 is 1.33 bits per heavy atom. The Balaban J connectivity index is 2.16. The Labute approximate surface area is 129 Å². The zero-order chi connectivity index (χ0) is 15.5. The molecule has 1 unspecified atom stereocenters. The first kappa shape index (κ1) is 15.9. The highest BCUT2D eigenvalue weighted by molar-refractivity contribution is 7.92. The van der Waals surface area contributed by atoms with Crippen molar-refractivity contribution in [3.63, 3.8) is 0 Å². The van der Waals surface area contributed by atoms with Crippen LogP contribution in [0.3, 0.4) is 0 Å². The Morgan fingerprint density at radius 2 is 2.00 bits per heavy atom. The van der Waals surface area contributed by atoms with Crippen LogP contribution in [-0.2, 0) is 14.8 Å². The zero-order valence-corrected chi connectivity index (χ0v) is 13.8. The van der Waals surface area contributed by atoms with Crippen LogP contribution in [0.1, 0.15) is 25.0 Å². The number of nitrogens with zero attached hydrogens (tertiary/aromatic N) is 1. The maximum absolute atomic E-state index is 11.2. The molecular formula is C14H18N2O3S2. The first-order valence-corrected chi connectivity index (χ1v) is 9.31. The van der Waals surface area contributed by atoms with Gasteiger partial charge >= 0.3 is 0 Å². The van der Waals surface area contributed by atoms with Crippen LogP contribution in [0, 0.1) is 0 Å². The van der Waals surface area contributed by atoms with E-state index in [1.807, 2.05) is 31.4 Å². The number of thiazole rings is 1. The standard InChI is InChI=1S/C14H18N2O3S2/c1-4-19-10(2)14-15-13(9-20-14)11-5-7-12(8-6-11)16-21(3,17)18/h5-10,16H,4H2,1-3H3. The van der Waals surface area contributed by atoms with E-state index in [1.54, 1.807) is 23.5 Å². The third-order valence-electron chi connectivity index (χ3n) is 2.77. The van der Waals surface area contributed by atoms with E-state index >= 15 is 0 Å². The molecule has 0 amide bonds. The second-order valence-corrected chi connectivity index (χ2v) is 7.26. The van der Waals surface area contributed by atoms with E-state index in [9.17, 15) is 8.42 Å². The van der Waals surface area contributed by atoms with Crippen molar-refractivity contribution in [1.82, 2.24) is 4.98 Å². The summed E-state index contributed by atoms with van der Waals surface area (Å²) in [6.07, 6.45) is 1.11. The van der Waals surface area contributed by atoms with E-state index in [1.165, 1.54) is 0 Å². The summed E-state index contributed by atoms with van der Waals surface area (Å²) in [6, 6.07) is 7.14. The molecule has 0 aliphatic heterocycles. The van der Waals surface area contributed by atoms with Gasteiger partial charge in [-0.2, -0.15) is 0 Å². The molecule has 2 rings (SSSR count). The number of sulfonamides is 1. The maximum atomic E-state index is 11.2. The summed E-state index contributed by atoms with van der Waals surface area (Å²) in [5.74, 6) is 0. The number of rotatable bonds is 6. The molecule has 2 aromatic rings. The zero-order valence-electron chi connectivity index (χ0n) is 12.2. The van der Waals surface area contributed by atoms with Gasteiger partial charge in [-0.25, -0.2) is 13.4 Å². The topological polar surface area (TPSA) is 68.3 Å². The predicted molar refractivity (Wildman–Crippen MR) is 86.1 cm³/mol. The molecular weight excluding hydrogens is 308 g/mol. The monoisotopic (exact) mass is 326 g/mol. The third-order valence-corrected chi connectivity index (χ3v) is 4.38. The van der Waals surface area contributed by atoms with Crippen molar-refractivity contribution in [3.05, 3.63) is 34.7 Å². The lowest BCUT2D eigenvalue weighted by Gasteiger charge is -2.07. The number of aromatic nitrogens is 1. The summed E-state index contributed by atoms with van der Waals surface area (Å²) in [6.45, 7) is 4.59. The van der Waals surface area contributed by atoms with Gasteiger partial charge in [0, 0.05) is 23.2 Å². The number of benzene rings is 1. The second kappa shape index (κ2) is 6.55. The normalized spacial score (nSPS) is 13.1. The fourth-order valence-electron chi connectivity index (χ4n) is 1.85. The molecule has 1 aromatic heterocycles. The van der Waals surface area contributed by atoms with Crippen molar-refractivity contribution in [1.29, 1.82) is 0 Å². The van der Waals surface area contributed by atoms with E-state index in [0.29, 0.717) is 12.3 Å². The van der Waals surface area contributed by atoms with Gasteiger partial charge in [0.2, 0.25) is 10.0 Å². The van der Waals surface area contributed by atoms with Gasteiger partial charge in [0.05, 0.1) is 11.9 Å². The lowest BCUT2D eigenvalue weighted by atomic mass is 10.1. The number of ether oxygens (including phenoxy) is 1. The summed E-state index contributed by atoms with van der Waals surface area (Å²) in [7, 11) is -3.25. The first-order valence-electron chi connectivity index (χ1n) is 6.54. The summed E-state index contributed by atoms with van der Waals surface area (Å²) < 4.78 is 30.3. The molecule has 21 heavy (non-hydrogen) atoms. The molecule has 1 N–H and O–H groups in total. The minimum atomic E-state index is -3.25. The smallest absolute Gasteiger partial charge is 0.229 e. The van der Waals surface area contributed by atoms with Gasteiger partial charge in [0.1, 0.15) is 11.1 Å². The molecule has 0 aliphatic carbocycles. The highest BCUT2D eigenvalue weighted by atomic mass is 32.2. The summed E-state index contributed by atoms with van der Waals surface area (Å²) >= 11 is 1.56. The SMILES string of the molecule is CCOC(C)c1nc(-c2ccc(NS(C)(=O)=O)cc2)cs1. The van der Waals surface area contributed by atoms with Crippen LogP contribution in [0.25, 0.3) is 11.3 Å². The molecule has 1 heterocycles. The maximum Gasteiger partial charge on any atom is 0.229 e. The van der Waals surface area contributed by atoms with Crippen molar-refractivity contribution in [2.45, 2.75) is 20.0 Å². The van der Waals surface area contributed by atoms with Crippen molar-refractivity contribution in [3.8, 4) is 11.3 Å². The minimum Gasteiger partial charge on any atom is -0.372 e. The highest BCUT2D eigenvalue weighted by Gasteiger charge is 2.11. The van der Waals surface area contributed by atoms with Gasteiger partial charge in [0.25, 0.3) is 0 Å². The molecule has 5 nitrogen and oxygen atoms in total. The van der Waals surface area contributed by atoms with Crippen LogP contribution >= 0.6 is 11.3 Å². The molecule has 0 saturated heterocycles. The Bertz CT molecular complexity index is 693. The average Bonchev–Trinajstić information content (AvgIpc) is 2.87. The molecule has 114 valence electrons. The molecule has 1 aromatic carbocycles. The fourth-order valence-corrected chi connectivity index (χ4v) is 3.25. The summed E-state index contributed by atoms with van der Waals surface area (Å²) in [4.78, 5) is 4.56.